The normalized spacial score (nSPS) is 15.1. The number of nitrogens with two attached hydrogens (primary N) is 2. The van der Waals surface area contributed by atoms with Crippen LogP contribution in [-0.2, 0) is 0 Å². The molecule has 180 valence electrons. The lowest BCUT2D eigenvalue weighted by molar-refractivity contribution is -1.01. The zero-order valence-corrected chi connectivity index (χ0v) is 20.4. The van der Waals surface area contributed by atoms with Crippen LogP contribution < -0.4 is 26.4 Å². The van der Waals surface area contributed by atoms with Gasteiger partial charge in [0.15, 0.2) is 5.82 Å². The maximum absolute atomic E-state index is 9.64. The van der Waals surface area contributed by atoms with Crippen LogP contribution in [0.4, 0.5) is 5.69 Å². The van der Waals surface area contributed by atoms with Gasteiger partial charge in [-0.25, -0.2) is 0 Å². The summed E-state index contributed by atoms with van der Waals surface area (Å²) in [5, 5.41) is 19.2. The molecule has 1 unspecified atom stereocenters. The Hall–Kier alpha value is -3.84. The molecule has 6 N–H and O–H groups in total. The number of hydrogen-bond donors (Lipinski definition) is 5. The van der Waals surface area contributed by atoms with E-state index in [9.17, 15) is 10.5 Å². The van der Waals surface area contributed by atoms with Gasteiger partial charge in [0.2, 0.25) is 0 Å². The van der Waals surface area contributed by atoms with Crippen molar-refractivity contribution in [3.8, 4) is 34.4 Å². The molecule has 0 aliphatic heterocycles. The lowest BCUT2D eigenvalue weighted by atomic mass is 10.0. The number of quaternary nitrogens is 1. The van der Waals surface area contributed by atoms with E-state index in [4.69, 9.17) is 20.9 Å². The largest absolute Gasteiger partial charge is 0.489 e. The number of benzene rings is 3. The van der Waals surface area contributed by atoms with Gasteiger partial charge in [-0.05, 0) is 71.0 Å². The maximum atomic E-state index is 9.64. The second-order valence-electron chi connectivity index (χ2n) is 8.64. The van der Waals surface area contributed by atoms with Gasteiger partial charge in [-0.3, -0.25) is 0 Å². The Labute approximate surface area is 210 Å². The first-order chi connectivity index (χ1) is 16.6. The number of thiol groups is 1. The van der Waals surface area contributed by atoms with Crippen molar-refractivity contribution in [3.63, 3.8) is 0 Å². The Bertz CT molecular complexity index is 1310. The van der Waals surface area contributed by atoms with Gasteiger partial charge >= 0.3 is 0 Å². The average molecular weight is 491 g/mol. The van der Waals surface area contributed by atoms with Crippen molar-refractivity contribution in [3.05, 3.63) is 77.1 Å². The minimum atomic E-state index is -0.801. The molecule has 1 atom stereocenters. The maximum Gasteiger partial charge on any atom is 0.150 e. The van der Waals surface area contributed by atoms with Crippen molar-refractivity contribution in [1.29, 1.82) is 5.26 Å². The summed E-state index contributed by atoms with van der Waals surface area (Å²) in [5.41, 5.74) is 19.2. The molecular formula is C26H28N5O3S+. The molecule has 0 bridgehead atoms. The molecule has 0 radical (unpaired) electrons. The van der Waals surface area contributed by atoms with Crippen LogP contribution in [0, 0.1) is 18.3 Å². The molecule has 9 heteroatoms. The van der Waals surface area contributed by atoms with E-state index in [2.05, 4.69) is 24.3 Å². The summed E-state index contributed by atoms with van der Waals surface area (Å²) >= 11 is 3.92. The van der Waals surface area contributed by atoms with Crippen LogP contribution in [0.1, 0.15) is 29.5 Å². The van der Waals surface area contributed by atoms with E-state index >= 15 is 0 Å². The molecule has 0 heterocycles. The highest BCUT2D eigenvalue weighted by molar-refractivity contribution is 7.74. The number of nitrogen functional groups attached to an aromatic ring is 1. The Morgan fingerprint density at radius 2 is 1.83 bits per heavy atom. The molecule has 0 saturated heterocycles. The van der Waals surface area contributed by atoms with Gasteiger partial charge in [-0.15, -0.1) is 0 Å². The van der Waals surface area contributed by atoms with Gasteiger partial charge in [-0.2, -0.15) is 15.9 Å². The number of anilines is 1. The molecule has 1 aliphatic rings. The van der Waals surface area contributed by atoms with Crippen molar-refractivity contribution >= 4 is 24.6 Å². The van der Waals surface area contributed by atoms with Crippen LogP contribution in [0.3, 0.4) is 0 Å². The van der Waals surface area contributed by atoms with E-state index in [1.807, 2.05) is 55.5 Å². The average Bonchev–Trinajstić information content (AvgIpc) is 3.60. The molecule has 35 heavy (non-hydrogen) atoms. The fourth-order valence-corrected chi connectivity index (χ4v) is 3.69. The van der Waals surface area contributed by atoms with Crippen LogP contribution in [0.2, 0.25) is 0 Å². The minimum Gasteiger partial charge on any atom is -0.489 e. The highest BCUT2D eigenvalue weighted by Crippen LogP contribution is 2.36. The number of ether oxygens (including phenoxy) is 2. The highest BCUT2D eigenvalue weighted by atomic mass is 32.1. The summed E-state index contributed by atoms with van der Waals surface area (Å²) in [6, 6.07) is 19.0. The van der Waals surface area contributed by atoms with E-state index in [1.54, 1.807) is 12.1 Å². The highest BCUT2D eigenvalue weighted by Gasteiger charge is 2.26. The van der Waals surface area contributed by atoms with Crippen LogP contribution >= 0.6 is 12.8 Å². The smallest absolute Gasteiger partial charge is 0.150 e. The number of nitrogens with one attached hydrogen (secondary N) is 1. The Balaban J connectivity index is 1.48. The van der Waals surface area contributed by atoms with E-state index in [-0.39, 0.29) is 11.9 Å². The Morgan fingerprint density at radius 1 is 1.14 bits per heavy atom. The second kappa shape index (κ2) is 9.80. The number of hydroxylamine groups is 1. The van der Waals surface area contributed by atoms with E-state index in [0.717, 1.165) is 29.5 Å². The van der Waals surface area contributed by atoms with Crippen LogP contribution in [-0.4, -0.2) is 22.5 Å². The summed E-state index contributed by atoms with van der Waals surface area (Å²) in [4.78, 5) is 0. The Kier molecular flexibility index (Phi) is 6.80. The SMILES string of the molecule is Cc1cc(Oc2ccc(-c3ccc(/C=C(\N)N[N+](C)(O)S)c(N)c3)cc2)cc(C#N)c1OC1CC1. The molecular weight excluding hydrogens is 462 g/mol. The number of rotatable bonds is 8. The van der Waals surface area contributed by atoms with Crippen molar-refractivity contribution in [2.45, 2.75) is 25.9 Å². The zero-order chi connectivity index (χ0) is 25.2. The molecule has 0 spiro atoms. The van der Waals surface area contributed by atoms with Gasteiger partial charge < -0.3 is 20.9 Å². The van der Waals surface area contributed by atoms with Crippen molar-refractivity contribution in [1.82, 2.24) is 5.43 Å². The molecule has 0 amide bonds. The first kappa shape index (κ1) is 24.3. The molecule has 4 rings (SSSR count). The van der Waals surface area contributed by atoms with Crippen LogP contribution in [0.5, 0.6) is 17.2 Å². The molecule has 1 aliphatic carbocycles. The lowest BCUT2D eigenvalue weighted by Crippen LogP contribution is -2.45. The molecule has 0 aromatic heterocycles. The van der Waals surface area contributed by atoms with E-state index < -0.39 is 4.16 Å². The third-order valence-electron chi connectivity index (χ3n) is 5.34. The molecule has 1 fully saturated rings. The van der Waals surface area contributed by atoms with E-state index in [1.165, 1.54) is 7.05 Å². The number of nitriles is 1. The van der Waals surface area contributed by atoms with Crippen molar-refractivity contribution in [2.75, 3.05) is 12.8 Å². The summed E-state index contributed by atoms with van der Waals surface area (Å²) in [6.07, 6.45) is 3.91. The first-order valence-electron chi connectivity index (χ1n) is 11.1. The molecule has 3 aromatic carbocycles. The third kappa shape index (κ3) is 6.39. The van der Waals surface area contributed by atoms with Crippen LogP contribution in [0.25, 0.3) is 17.2 Å². The fourth-order valence-electron chi connectivity index (χ4n) is 3.57. The Morgan fingerprint density at radius 3 is 2.43 bits per heavy atom. The summed E-state index contributed by atoms with van der Waals surface area (Å²) in [5.74, 6) is 2.09. The number of hydrogen-bond acceptors (Lipinski definition) is 8. The van der Waals surface area contributed by atoms with Gasteiger partial charge in [0.25, 0.3) is 0 Å². The van der Waals surface area contributed by atoms with Gasteiger partial charge in [-0.1, -0.05) is 24.3 Å². The van der Waals surface area contributed by atoms with Crippen LogP contribution in [0.15, 0.2) is 60.4 Å². The summed E-state index contributed by atoms with van der Waals surface area (Å²) in [6.45, 7) is 1.92. The van der Waals surface area contributed by atoms with Crippen molar-refractivity contribution < 1.29 is 18.8 Å². The molecule has 1 saturated carbocycles. The molecule has 8 nitrogen and oxygen atoms in total. The summed E-state index contributed by atoms with van der Waals surface area (Å²) in [7, 11) is 1.41. The number of nitrogens with zero attached hydrogens (tertiary/aromatic N) is 2. The predicted molar refractivity (Wildman–Crippen MR) is 138 cm³/mol. The minimum absolute atomic E-state index is 0.216. The zero-order valence-electron chi connectivity index (χ0n) is 19.5. The van der Waals surface area contributed by atoms with Gasteiger partial charge in [0.1, 0.15) is 43.2 Å². The monoisotopic (exact) mass is 490 g/mol. The first-order valence-corrected chi connectivity index (χ1v) is 11.5. The van der Waals surface area contributed by atoms with Crippen molar-refractivity contribution in [2.24, 2.45) is 5.73 Å². The van der Waals surface area contributed by atoms with Gasteiger partial charge in [0, 0.05) is 17.3 Å². The van der Waals surface area contributed by atoms with Gasteiger partial charge in [0.05, 0.1) is 11.7 Å². The predicted octanol–water partition coefficient (Wildman–Crippen LogP) is 4.89. The summed E-state index contributed by atoms with van der Waals surface area (Å²) < 4.78 is 11.1. The number of aryl methyl sites for hydroxylation is 1. The topological polar surface area (TPSA) is 127 Å². The quantitative estimate of drug-likeness (QED) is 0.132. The standard InChI is InChI=1S/C26H28N5O3S/c1-16-11-23(12-20(15-27)26(16)34-22-9-10-22)33-21-7-5-17(6-8-21)18-3-4-19(24(28)13-18)14-25(29)30-31(2,32)35/h3-8,11-14,22,30,32,35H,9-10,28-29H2,1-2H3/q+1/b25-14+. The second-order valence-corrected chi connectivity index (χ2v) is 9.42. The third-order valence-corrected chi connectivity index (χ3v) is 5.44. The molecule has 3 aromatic rings. The fraction of sp³-hybridized carbons (Fsp3) is 0.192. The lowest BCUT2D eigenvalue weighted by Gasteiger charge is -2.18. The van der Waals surface area contributed by atoms with E-state index in [0.29, 0.717) is 34.1 Å².